The van der Waals surface area contributed by atoms with E-state index in [4.69, 9.17) is 28.9 Å². The van der Waals surface area contributed by atoms with Crippen molar-refractivity contribution in [2.24, 2.45) is 11.8 Å². The molecule has 1 heterocycles. The lowest BCUT2D eigenvalue weighted by Gasteiger charge is -2.41. The highest BCUT2D eigenvalue weighted by Crippen LogP contribution is 2.37. The van der Waals surface area contributed by atoms with Crippen molar-refractivity contribution in [2.75, 3.05) is 18.8 Å². The number of rotatable bonds is 1. The fourth-order valence-corrected chi connectivity index (χ4v) is 4.04. The molecule has 2 N–H and O–H groups in total. The molecule has 5 heteroatoms. The van der Waals surface area contributed by atoms with E-state index in [1.807, 2.05) is 4.90 Å². The van der Waals surface area contributed by atoms with E-state index in [9.17, 15) is 4.79 Å². The third-order valence-electron chi connectivity index (χ3n) is 4.88. The Morgan fingerprint density at radius 1 is 1.14 bits per heavy atom. The van der Waals surface area contributed by atoms with Gasteiger partial charge in [0.05, 0.1) is 15.7 Å². The number of hydrogen-bond acceptors (Lipinski definition) is 2. The molecule has 3 rings (SSSR count). The number of nitrogen functional groups attached to an aromatic ring is 1. The van der Waals surface area contributed by atoms with Gasteiger partial charge in [-0.3, -0.25) is 4.79 Å². The summed E-state index contributed by atoms with van der Waals surface area (Å²) in [5.74, 6) is 1.49. The van der Waals surface area contributed by atoms with E-state index in [1.165, 1.54) is 25.7 Å². The molecule has 2 aliphatic rings. The number of anilines is 1. The minimum absolute atomic E-state index is 0.0179. The molecule has 2 atom stereocenters. The maximum absolute atomic E-state index is 12.7. The highest BCUT2D eigenvalue weighted by Gasteiger charge is 2.33. The van der Waals surface area contributed by atoms with Crippen molar-refractivity contribution in [2.45, 2.75) is 32.1 Å². The number of hydrogen-bond donors (Lipinski definition) is 1. The van der Waals surface area contributed by atoms with Crippen LogP contribution in [0.4, 0.5) is 5.69 Å². The van der Waals surface area contributed by atoms with Gasteiger partial charge in [0.2, 0.25) is 0 Å². The molecular formula is C16H20Cl2N2O. The van der Waals surface area contributed by atoms with Crippen LogP contribution in [0.25, 0.3) is 0 Å². The zero-order chi connectivity index (χ0) is 15.0. The van der Waals surface area contributed by atoms with Gasteiger partial charge >= 0.3 is 0 Å². The summed E-state index contributed by atoms with van der Waals surface area (Å²) in [6.07, 6.45) is 6.33. The molecule has 0 bridgehead atoms. The van der Waals surface area contributed by atoms with Crippen LogP contribution in [0.2, 0.25) is 10.0 Å². The summed E-state index contributed by atoms with van der Waals surface area (Å²) >= 11 is 12.0. The maximum atomic E-state index is 12.7. The van der Waals surface area contributed by atoms with Crippen LogP contribution < -0.4 is 5.73 Å². The van der Waals surface area contributed by atoms with E-state index in [0.29, 0.717) is 27.2 Å². The quantitative estimate of drug-likeness (QED) is 0.785. The Morgan fingerprint density at radius 2 is 1.86 bits per heavy atom. The molecular weight excluding hydrogens is 307 g/mol. The molecule has 2 fully saturated rings. The van der Waals surface area contributed by atoms with Gasteiger partial charge in [0, 0.05) is 18.7 Å². The van der Waals surface area contributed by atoms with Gasteiger partial charge in [-0.15, -0.1) is 0 Å². The Kier molecular flexibility index (Phi) is 4.32. The Hall–Kier alpha value is -0.930. The second-order valence-corrected chi connectivity index (χ2v) is 6.99. The molecule has 1 aromatic rings. The number of nitrogens with zero attached hydrogens (tertiary/aromatic N) is 1. The van der Waals surface area contributed by atoms with Crippen LogP contribution in [0.5, 0.6) is 0 Å². The predicted molar refractivity (Wildman–Crippen MR) is 86.8 cm³/mol. The van der Waals surface area contributed by atoms with Crippen molar-refractivity contribution in [3.63, 3.8) is 0 Å². The molecule has 1 saturated heterocycles. The summed E-state index contributed by atoms with van der Waals surface area (Å²) < 4.78 is 0. The monoisotopic (exact) mass is 326 g/mol. The van der Waals surface area contributed by atoms with Gasteiger partial charge in [0.25, 0.3) is 5.91 Å². The van der Waals surface area contributed by atoms with E-state index >= 15 is 0 Å². The van der Waals surface area contributed by atoms with Crippen LogP contribution in [0.3, 0.4) is 0 Å². The van der Waals surface area contributed by atoms with E-state index < -0.39 is 0 Å². The Balaban J connectivity index is 1.76. The number of amides is 1. The van der Waals surface area contributed by atoms with Crippen LogP contribution in [0, 0.1) is 11.8 Å². The minimum atomic E-state index is 0.0179. The summed E-state index contributed by atoms with van der Waals surface area (Å²) in [5, 5.41) is 0.659. The third-order valence-corrected chi connectivity index (χ3v) is 5.70. The highest BCUT2D eigenvalue weighted by atomic mass is 35.5. The number of benzene rings is 1. The average Bonchev–Trinajstić information content (AvgIpc) is 2.51. The van der Waals surface area contributed by atoms with Crippen LogP contribution in [0.1, 0.15) is 42.5 Å². The van der Waals surface area contributed by atoms with Crippen molar-refractivity contribution >= 4 is 34.8 Å². The number of nitrogens with two attached hydrogens (primary N) is 1. The number of piperidine rings is 1. The SMILES string of the molecule is Nc1cc(C(=O)N2CCC3CCCCC3C2)cc(Cl)c1Cl. The van der Waals surface area contributed by atoms with Crippen LogP contribution in [-0.2, 0) is 0 Å². The Labute approximate surface area is 135 Å². The minimum Gasteiger partial charge on any atom is -0.397 e. The molecule has 1 aliphatic heterocycles. The van der Waals surface area contributed by atoms with E-state index in [0.717, 1.165) is 25.4 Å². The Bertz CT molecular complexity index is 538. The molecule has 1 saturated carbocycles. The van der Waals surface area contributed by atoms with Crippen molar-refractivity contribution in [3.05, 3.63) is 27.7 Å². The smallest absolute Gasteiger partial charge is 0.253 e. The highest BCUT2D eigenvalue weighted by molar-refractivity contribution is 6.43. The lowest BCUT2D eigenvalue weighted by molar-refractivity contribution is 0.0521. The largest absolute Gasteiger partial charge is 0.397 e. The molecule has 1 amide bonds. The maximum Gasteiger partial charge on any atom is 0.253 e. The molecule has 21 heavy (non-hydrogen) atoms. The lowest BCUT2D eigenvalue weighted by Crippen LogP contribution is -2.44. The van der Waals surface area contributed by atoms with Crippen molar-refractivity contribution in [1.82, 2.24) is 4.90 Å². The van der Waals surface area contributed by atoms with E-state index in [1.54, 1.807) is 12.1 Å². The van der Waals surface area contributed by atoms with E-state index in [2.05, 4.69) is 0 Å². The molecule has 0 radical (unpaired) electrons. The molecule has 1 aromatic carbocycles. The number of likely N-dealkylation sites (tertiary alicyclic amines) is 1. The van der Waals surface area contributed by atoms with Gasteiger partial charge in [0.1, 0.15) is 0 Å². The third kappa shape index (κ3) is 3.00. The first-order valence-electron chi connectivity index (χ1n) is 7.60. The molecule has 0 spiro atoms. The van der Waals surface area contributed by atoms with Gasteiger partial charge in [-0.25, -0.2) is 0 Å². The number of halogens is 2. The predicted octanol–water partition coefficient (Wildman–Crippen LogP) is 4.23. The molecule has 2 unspecified atom stereocenters. The average molecular weight is 327 g/mol. The fraction of sp³-hybridized carbons (Fsp3) is 0.562. The van der Waals surface area contributed by atoms with Gasteiger partial charge in [-0.1, -0.05) is 42.5 Å². The van der Waals surface area contributed by atoms with E-state index in [-0.39, 0.29) is 5.91 Å². The first kappa shape index (κ1) is 15.0. The lowest BCUT2D eigenvalue weighted by atomic mass is 9.75. The summed E-state index contributed by atoms with van der Waals surface area (Å²) in [7, 11) is 0. The zero-order valence-electron chi connectivity index (χ0n) is 11.9. The number of fused-ring (bicyclic) bond motifs is 1. The van der Waals surface area contributed by atoms with Crippen LogP contribution >= 0.6 is 23.2 Å². The van der Waals surface area contributed by atoms with Gasteiger partial charge in [-0.2, -0.15) is 0 Å². The summed E-state index contributed by atoms with van der Waals surface area (Å²) in [5.41, 5.74) is 6.71. The number of carbonyl (C=O) groups excluding carboxylic acids is 1. The van der Waals surface area contributed by atoms with Crippen LogP contribution in [0.15, 0.2) is 12.1 Å². The van der Waals surface area contributed by atoms with Gasteiger partial charge in [-0.05, 0) is 36.8 Å². The summed E-state index contributed by atoms with van der Waals surface area (Å²) in [6.45, 7) is 1.70. The summed E-state index contributed by atoms with van der Waals surface area (Å²) in [4.78, 5) is 14.6. The van der Waals surface area contributed by atoms with Crippen molar-refractivity contribution in [3.8, 4) is 0 Å². The van der Waals surface area contributed by atoms with Crippen molar-refractivity contribution < 1.29 is 4.79 Å². The van der Waals surface area contributed by atoms with Gasteiger partial charge in [0.15, 0.2) is 0 Å². The van der Waals surface area contributed by atoms with Crippen molar-refractivity contribution in [1.29, 1.82) is 0 Å². The zero-order valence-corrected chi connectivity index (χ0v) is 13.5. The summed E-state index contributed by atoms with van der Waals surface area (Å²) in [6, 6.07) is 3.25. The molecule has 0 aromatic heterocycles. The number of carbonyl (C=O) groups is 1. The molecule has 1 aliphatic carbocycles. The second kappa shape index (κ2) is 6.05. The standard InChI is InChI=1S/C16H20Cl2N2O/c17-13-7-12(8-14(19)15(13)18)16(21)20-6-5-10-3-1-2-4-11(10)9-20/h7-8,10-11H,1-6,9,19H2. The van der Waals surface area contributed by atoms with Crippen LogP contribution in [-0.4, -0.2) is 23.9 Å². The molecule has 114 valence electrons. The normalized spacial score (nSPS) is 25.5. The van der Waals surface area contributed by atoms with Gasteiger partial charge < -0.3 is 10.6 Å². The topological polar surface area (TPSA) is 46.3 Å². The first-order chi connectivity index (χ1) is 10.1. The fourth-order valence-electron chi connectivity index (χ4n) is 3.70. The first-order valence-corrected chi connectivity index (χ1v) is 8.35. The second-order valence-electron chi connectivity index (χ2n) is 6.21. The molecule has 3 nitrogen and oxygen atoms in total. The Morgan fingerprint density at radius 3 is 2.57 bits per heavy atom.